The van der Waals surface area contributed by atoms with Crippen LogP contribution in [0.3, 0.4) is 0 Å². The van der Waals surface area contributed by atoms with E-state index in [1.54, 1.807) is 20.8 Å². The van der Waals surface area contributed by atoms with Gasteiger partial charge in [0.1, 0.15) is 5.60 Å². The fourth-order valence-corrected chi connectivity index (χ4v) is 2.08. The van der Waals surface area contributed by atoms with Gasteiger partial charge in [0, 0.05) is 66.2 Å². The standard InChI is InChI=1S/C16H24N2O4.W.Y/c1-11-6-12(2)18(9-11)10-13(7-14(19)20)8-17-15(21)22-16(3,4)5;;/h13H,7-8,10H2,1-5H3,(H,17,21)(H,19,20);;/q-2;;. The van der Waals surface area contributed by atoms with Crippen molar-refractivity contribution >= 4 is 12.1 Å². The molecule has 0 aromatic carbocycles. The van der Waals surface area contributed by atoms with Gasteiger partial charge in [0.05, 0.1) is 6.42 Å². The first-order valence-corrected chi connectivity index (χ1v) is 7.24. The Morgan fingerprint density at radius 3 is 2.33 bits per heavy atom. The maximum Gasteiger partial charge on any atom is 0.407 e. The molecule has 8 heteroatoms. The van der Waals surface area contributed by atoms with Gasteiger partial charge in [0.2, 0.25) is 0 Å². The zero-order valence-corrected chi connectivity index (χ0v) is 20.6. The van der Waals surface area contributed by atoms with Crippen LogP contribution in [0.2, 0.25) is 0 Å². The van der Waals surface area contributed by atoms with E-state index in [2.05, 4.69) is 17.6 Å². The van der Waals surface area contributed by atoms with Crippen LogP contribution < -0.4 is 5.32 Å². The largest absolute Gasteiger partial charge is 0.560 e. The minimum Gasteiger partial charge on any atom is -0.560 e. The quantitative estimate of drug-likeness (QED) is 0.506. The van der Waals surface area contributed by atoms with Gasteiger partial charge in [-0.3, -0.25) is 4.79 Å². The number of amides is 1. The number of aryl methyl sites for hydroxylation is 2. The summed E-state index contributed by atoms with van der Waals surface area (Å²) in [5.74, 6) is -1.15. The second kappa shape index (κ2) is 11.4. The van der Waals surface area contributed by atoms with Gasteiger partial charge in [0.25, 0.3) is 0 Å². The molecular formula is C16H24N2O4WY-2. The van der Waals surface area contributed by atoms with E-state index in [9.17, 15) is 9.59 Å². The fraction of sp³-hybridized carbons (Fsp3) is 0.625. The molecule has 1 unspecified atom stereocenters. The van der Waals surface area contributed by atoms with Crippen LogP contribution in [0.4, 0.5) is 4.79 Å². The average molecular weight is 581 g/mol. The summed E-state index contributed by atoms with van der Waals surface area (Å²) in [5, 5.41) is 11.6. The zero-order valence-electron chi connectivity index (χ0n) is 14.8. The zero-order chi connectivity index (χ0) is 16.9. The summed E-state index contributed by atoms with van der Waals surface area (Å²) in [6.45, 7) is 9.79. The van der Waals surface area contributed by atoms with Crippen molar-refractivity contribution in [1.82, 2.24) is 9.88 Å². The van der Waals surface area contributed by atoms with Gasteiger partial charge < -0.3 is 37.6 Å². The van der Waals surface area contributed by atoms with E-state index < -0.39 is 17.7 Å². The molecule has 1 amide bonds. The van der Waals surface area contributed by atoms with Gasteiger partial charge in [-0.25, -0.2) is 10.5 Å². The second-order valence-electron chi connectivity index (χ2n) is 6.40. The summed E-state index contributed by atoms with van der Waals surface area (Å²) in [6.07, 6.45) is 2.51. The van der Waals surface area contributed by atoms with Gasteiger partial charge in [-0.2, -0.15) is 0 Å². The molecule has 1 aromatic heterocycles. The number of carbonyl (C=O) groups is 2. The van der Waals surface area contributed by atoms with Gasteiger partial charge >= 0.3 is 12.1 Å². The smallest absolute Gasteiger partial charge is 0.407 e. The number of rotatable bonds is 6. The predicted molar refractivity (Wildman–Crippen MR) is 81.6 cm³/mol. The van der Waals surface area contributed by atoms with Crippen molar-refractivity contribution in [3.8, 4) is 0 Å². The van der Waals surface area contributed by atoms with Crippen molar-refractivity contribution in [2.24, 2.45) is 5.92 Å². The van der Waals surface area contributed by atoms with Crippen molar-refractivity contribution in [3.63, 3.8) is 0 Å². The summed E-state index contributed by atoms with van der Waals surface area (Å²) in [7, 11) is 0. The molecule has 1 atom stereocenters. The predicted octanol–water partition coefficient (Wildman–Crippen LogP) is 2.32. The van der Waals surface area contributed by atoms with Crippen LogP contribution >= 0.6 is 0 Å². The molecule has 0 aliphatic heterocycles. The van der Waals surface area contributed by atoms with Gasteiger partial charge in [-0.1, -0.05) is 6.92 Å². The van der Waals surface area contributed by atoms with E-state index in [1.807, 2.05) is 18.4 Å². The number of carboxylic acid groups (broad SMARTS) is 1. The molecule has 133 valence electrons. The number of aromatic nitrogens is 1. The Hall–Kier alpha value is -0.188. The molecule has 2 N–H and O–H groups in total. The number of carboxylic acids is 1. The number of hydrogen-bond acceptors (Lipinski definition) is 3. The number of nitrogens with zero attached hydrogens (tertiary/aromatic N) is 1. The first kappa shape index (κ1) is 26.0. The topological polar surface area (TPSA) is 80.6 Å². The molecule has 0 bridgehead atoms. The van der Waals surface area contributed by atoms with Gasteiger partial charge in [-0.05, 0) is 27.3 Å². The Morgan fingerprint density at radius 1 is 1.33 bits per heavy atom. The Morgan fingerprint density at radius 2 is 1.92 bits per heavy atom. The molecule has 6 nitrogen and oxygen atoms in total. The monoisotopic (exact) mass is 581 g/mol. The molecule has 1 heterocycles. The van der Waals surface area contributed by atoms with Crippen LogP contribution in [0.1, 0.15) is 38.4 Å². The van der Waals surface area contributed by atoms with Crippen LogP contribution in [0.15, 0.2) is 0 Å². The van der Waals surface area contributed by atoms with Crippen molar-refractivity contribution in [3.05, 3.63) is 23.5 Å². The number of nitrogens with one attached hydrogen (secondary N) is 1. The Labute approximate surface area is 183 Å². The SMILES string of the molecule is Cc1[c-]c(C)n(CC(CNC(=O)OC(C)(C)C)CC(=O)O)[c-]1.[W].[Y]. The van der Waals surface area contributed by atoms with Gasteiger partial charge in [-0.15, -0.1) is 6.92 Å². The molecule has 0 aliphatic carbocycles. The van der Waals surface area contributed by atoms with E-state index in [1.165, 1.54) is 0 Å². The number of hydrogen-bond donors (Lipinski definition) is 2. The summed E-state index contributed by atoms with van der Waals surface area (Å²) in [4.78, 5) is 22.7. The Balaban J connectivity index is 0. The van der Waals surface area contributed by atoms with Crippen molar-refractivity contribution < 1.29 is 73.2 Å². The molecule has 0 spiro atoms. The average Bonchev–Trinajstić information content (AvgIpc) is 2.62. The maximum absolute atomic E-state index is 11.7. The Kier molecular flexibility index (Phi) is 12.4. The molecular weight excluding hydrogens is 557 g/mol. The van der Waals surface area contributed by atoms with Crippen LogP contribution in [0, 0.1) is 32.0 Å². The van der Waals surface area contributed by atoms with E-state index in [0.29, 0.717) is 6.54 Å². The fourth-order valence-electron chi connectivity index (χ4n) is 2.08. The number of ether oxygens (including phenoxy) is 1. The number of carbonyl (C=O) groups excluding carboxylic acids is 1. The molecule has 1 radical (unpaired) electrons. The first-order valence-electron chi connectivity index (χ1n) is 7.24. The van der Waals surface area contributed by atoms with Crippen LogP contribution in [0.25, 0.3) is 0 Å². The second-order valence-corrected chi connectivity index (χ2v) is 6.40. The van der Waals surface area contributed by atoms with Crippen molar-refractivity contribution in [1.29, 1.82) is 0 Å². The molecule has 1 aromatic rings. The molecule has 0 saturated heterocycles. The van der Waals surface area contributed by atoms with Crippen LogP contribution in [-0.2, 0) is 69.9 Å². The maximum atomic E-state index is 11.7. The van der Waals surface area contributed by atoms with Crippen LogP contribution in [0.5, 0.6) is 0 Å². The molecule has 0 aliphatic rings. The number of aliphatic carboxylic acids is 1. The molecule has 24 heavy (non-hydrogen) atoms. The third-order valence-corrected chi connectivity index (χ3v) is 2.91. The minimum absolute atomic E-state index is 0. The molecule has 1 rings (SSSR count). The van der Waals surface area contributed by atoms with Crippen molar-refractivity contribution in [2.75, 3.05) is 6.54 Å². The van der Waals surface area contributed by atoms with Gasteiger partial charge in [0.15, 0.2) is 0 Å². The normalized spacial score (nSPS) is 11.7. The summed E-state index contributed by atoms with van der Waals surface area (Å²) in [6, 6.07) is 3.11. The van der Waals surface area contributed by atoms with Crippen LogP contribution in [-0.4, -0.2) is 33.9 Å². The summed E-state index contributed by atoms with van der Waals surface area (Å²) < 4.78 is 6.99. The third kappa shape index (κ3) is 10.6. The number of alkyl carbamates (subject to hydrolysis) is 1. The van der Waals surface area contributed by atoms with Crippen molar-refractivity contribution in [2.45, 2.75) is 53.2 Å². The first-order chi connectivity index (χ1) is 10.1. The van der Waals surface area contributed by atoms with E-state index in [-0.39, 0.29) is 72.7 Å². The van der Waals surface area contributed by atoms with E-state index in [4.69, 9.17) is 9.84 Å². The summed E-state index contributed by atoms with van der Waals surface area (Å²) >= 11 is 0. The van der Waals surface area contributed by atoms with E-state index in [0.717, 1.165) is 11.3 Å². The third-order valence-electron chi connectivity index (χ3n) is 2.91. The summed E-state index contributed by atoms with van der Waals surface area (Å²) in [5.41, 5.74) is 1.19. The Bertz CT molecular complexity index is 541. The minimum atomic E-state index is -0.901. The molecule has 0 saturated carbocycles. The molecule has 0 fully saturated rings. The van der Waals surface area contributed by atoms with E-state index >= 15 is 0 Å².